The smallest absolute Gasteiger partial charge is 0.0897 e. The molecule has 0 radical (unpaired) electrons. The Morgan fingerprint density at radius 3 is 2.89 bits per heavy atom. The maximum absolute atomic E-state index is 9.70. The second kappa shape index (κ2) is 10.0. The van der Waals surface area contributed by atoms with E-state index in [0.29, 0.717) is 26.4 Å². The fraction of sp³-hybridized carbons (Fsp3) is 1.00. The minimum absolute atomic E-state index is 0.240. The topological polar surface area (TPSA) is 50.7 Å². The summed E-state index contributed by atoms with van der Waals surface area (Å²) < 4.78 is 10.7. The highest BCUT2D eigenvalue weighted by molar-refractivity contribution is 7.99. The van der Waals surface area contributed by atoms with Crippen LogP contribution in [0, 0.1) is 5.92 Å². The third-order valence-electron chi connectivity index (χ3n) is 2.83. The normalized spacial score (nSPS) is 21.7. The van der Waals surface area contributed by atoms with Crippen molar-refractivity contribution < 1.29 is 14.6 Å². The van der Waals surface area contributed by atoms with Crippen LogP contribution in [-0.4, -0.2) is 61.7 Å². The van der Waals surface area contributed by atoms with Crippen molar-refractivity contribution in [3.63, 3.8) is 0 Å². The van der Waals surface area contributed by atoms with Crippen molar-refractivity contribution >= 4 is 11.8 Å². The molecule has 0 saturated carbocycles. The van der Waals surface area contributed by atoms with Gasteiger partial charge in [-0.3, -0.25) is 0 Å². The first-order valence-corrected chi connectivity index (χ1v) is 8.00. The Kier molecular flexibility index (Phi) is 9.06. The molecule has 1 aliphatic heterocycles. The molecule has 1 fully saturated rings. The molecule has 0 spiro atoms. The Morgan fingerprint density at radius 1 is 1.39 bits per heavy atom. The summed E-state index contributed by atoms with van der Waals surface area (Å²) in [5, 5.41) is 13.0. The van der Waals surface area contributed by atoms with Gasteiger partial charge in [-0.1, -0.05) is 0 Å². The number of nitrogens with one attached hydrogen (secondary N) is 1. The van der Waals surface area contributed by atoms with Crippen LogP contribution in [0.2, 0.25) is 0 Å². The summed E-state index contributed by atoms with van der Waals surface area (Å²) in [5.41, 5.74) is 0. The predicted molar refractivity (Wildman–Crippen MR) is 76.2 cm³/mol. The average molecular weight is 277 g/mol. The Hall–Kier alpha value is 0.190. The fourth-order valence-electron chi connectivity index (χ4n) is 1.82. The van der Waals surface area contributed by atoms with Gasteiger partial charge in [-0.15, -0.1) is 0 Å². The van der Waals surface area contributed by atoms with Crippen molar-refractivity contribution in [1.29, 1.82) is 0 Å². The van der Waals surface area contributed by atoms with Gasteiger partial charge in [0.05, 0.1) is 32.0 Å². The zero-order chi connectivity index (χ0) is 13.2. The van der Waals surface area contributed by atoms with Crippen molar-refractivity contribution in [3.8, 4) is 0 Å². The largest absolute Gasteiger partial charge is 0.389 e. The third-order valence-corrected chi connectivity index (χ3v) is 4.06. The molecule has 0 aliphatic carbocycles. The van der Waals surface area contributed by atoms with E-state index >= 15 is 0 Å². The van der Waals surface area contributed by atoms with E-state index in [1.54, 1.807) is 0 Å². The number of hydrogen-bond acceptors (Lipinski definition) is 5. The lowest BCUT2D eigenvalue weighted by atomic mass is 10.1. The lowest BCUT2D eigenvalue weighted by Crippen LogP contribution is -2.33. The number of aliphatic hydroxyl groups excluding tert-OH is 1. The van der Waals surface area contributed by atoms with Crippen molar-refractivity contribution in [2.24, 2.45) is 5.92 Å². The van der Waals surface area contributed by atoms with Crippen molar-refractivity contribution in [1.82, 2.24) is 5.32 Å². The molecule has 18 heavy (non-hydrogen) atoms. The van der Waals surface area contributed by atoms with E-state index in [4.69, 9.17) is 9.47 Å². The quantitative estimate of drug-likeness (QED) is 0.586. The van der Waals surface area contributed by atoms with Crippen molar-refractivity contribution in [2.45, 2.75) is 32.5 Å². The molecule has 1 saturated heterocycles. The lowest BCUT2D eigenvalue weighted by molar-refractivity contribution is -0.0100. The first-order valence-electron chi connectivity index (χ1n) is 6.84. The van der Waals surface area contributed by atoms with Crippen LogP contribution in [0.3, 0.4) is 0 Å². The second-order valence-corrected chi connectivity index (χ2v) is 6.19. The molecule has 2 atom stereocenters. The molecular weight excluding hydrogens is 250 g/mol. The van der Waals surface area contributed by atoms with Gasteiger partial charge in [0.1, 0.15) is 0 Å². The predicted octanol–water partition coefficient (Wildman–Crippen LogP) is 1.13. The van der Waals surface area contributed by atoms with Gasteiger partial charge in [-0.05, 0) is 44.2 Å². The number of rotatable bonds is 10. The van der Waals surface area contributed by atoms with Crippen LogP contribution >= 0.6 is 11.8 Å². The van der Waals surface area contributed by atoms with Crippen LogP contribution in [0.25, 0.3) is 0 Å². The summed E-state index contributed by atoms with van der Waals surface area (Å²) in [4.78, 5) is 0. The zero-order valence-corrected chi connectivity index (χ0v) is 12.4. The van der Waals surface area contributed by atoms with E-state index in [9.17, 15) is 5.11 Å². The number of hydrogen-bond donors (Lipinski definition) is 2. The van der Waals surface area contributed by atoms with E-state index in [-0.39, 0.29) is 6.10 Å². The maximum Gasteiger partial charge on any atom is 0.0897 e. The monoisotopic (exact) mass is 277 g/mol. The van der Waals surface area contributed by atoms with E-state index < -0.39 is 6.10 Å². The van der Waals surface area contributed by atoms with E-state index in [1.165, 1.54) is 17.9 Å². The van der Waals surface area contributed by atoms with Gasteiger partial charge in [0.25, 0.3) is 0 Å². The molecule has 1 heterocycles. The molecule has 0 amide bonds. The van der Waals surface area contributed by atoms with Crippen LogP contribution in [0.5, 0.6) is 0 Å². The van der Waals surface area contributed by atoms with Crippen LogP contribution < -0.4 is 5.32 Å². The van der Waals surface area contributed by atoms with Gasteiger partial charge in [0.15, 0.2) is 0 Å². The SMILES string of the molecule is CC(C)OCCOCC(O)CNCC1CCSC1. The van der Waals surface area contributed by atoms with Crippen LogP contribution in [0.4, 0.5) is 0 Å². The molecular formula is C13H27NO3S. The molecule has 1 rings (SSSR count). The minimum Gasteiger partial charge on any atom is -0.389 e. The second-order valence-electron chi connectivity index (χ2n) is 5.04. The summed E-state index contributed by atoms with van der Waals surface area (Å²) >= 11 is 2.02. The Balaban J connectivity index is 1.85. The minimum atomic E-state index is -0.418. The molecule has 2 N–H and O–H groups in total. The van der Waals surface area contributed by atoms with Gasteiger partial charge in [-0.25, -0.2) is 0 Å². The van der Waals surface area contributed by atoms with Crippen molar-refractivity contribution in [2.75, 3.05) is 44.4 Å². The summed E-state index contributed by atoms with van der Waals surface area (Å²) in [6.45, 7) is 7.16. The first-order chi connectivity index (χ1) is 8.68. The molecule has 0 aromatic carbocycles. The van der Waals surface area contributed by atoms with Gasteiger partial charge < -0.3 is 19.9 Å². The fourth-order valence-corrected chi connectivity index (χ4v) is 3.10. The van der Waals surface area contributed by atoms with E-state index in [1.807, 2.05) is 25.6 Å². The van der Waals surface area contributed by atoms with Crippen molar-refractivity contribution in [3.05, 3.63) is 0 Å². The summed E-state index contributed by atoms with van der Waals surface area (Å²) in [5.74, 6) is 3.32. The number of aliphatic hydroxyl groups is 1. The summed E-state index contributed by atoms with van der Waals surface area (Å²) in [6, 6.07) is 0. The Bertz CT molecular complexity index is 199. The Morgan fingerprint density at radius 2 is 2.22 bits per heavy atom. The molecule has 1 aliphatic rings. The standard InChI is InChI=1S/C13H27NO3S/c1-11(2)17-5-4-16-9-13(15)8-14-7-12-3-6-18-10-12/h11-15H,3-10H2,1-2H3. The number of ether oxygens (including phenoxy) is 2. The maximum atomic E-state index is 9.70. The highest BCUT2D eigenvalue weighted by atomic mass is 32.2. The number of thioether (sulfide) groups is 1. The van der Waals surface area contributed by atoms with E-state index in [2.05, 4.69) is 5.32 Å². The first kappa shape index (κ1) is 16.2. The summed E-state index contributed by atoms with van der Waals surface area (Å²) in [6.07, 6.45) is 1.12. The molecule has 4 nitrogen and oxygen atoms in total. The van der Waals surface area contributed by atoms with Gasteiger partial charge in [0.2, 0.25) is 0 Å². The lowest BCUT2D eigenvalue weighted by Gasteiger charge is -2.15. The highest BCUT2D eigenvalue weighted by Gasteiger charge is 2.15. The summed E-state index contributed by atoms with van der Waals surface area (Å²) in [7, 11) is 0. The van der Waals surface area contributed by atoms with Gasteiger partial charge >= 0.3 is 0 Å². The van der Waals surface area contributed by atoms with E-state index in [0.717, 1.165) is 12.5 Å². The molecule has 2 unspecified atom stereocenters. The molecule has 0 bridgehead atoms. The average Bonchev–Trinajstić information content (AvgIpc) is 2.81. The third kappa shape index (κ3) is 8.32. The van der Waals surface area contributed by atoms with Gasteiger partial charge in [0, 0.05) is 6.54 Å². The molecule has 0 aromatic heterocycles. The highest BCUT2D eigenvalue weighted by Crippen LogP contribution is 2.22. The Labute approximate surface area is 115 Å². The molecule has 0 aromatic rings. The molecule has 108 valence electrons. The zero-order valence-electron chi connectivity index (χ0n) is 11.6. The molecule has 5 heteroatoms. The van der Waals surface area contributed by atoms with Crippen LogP contribution in [0.1, 0.15) is 20.3 Å². The van der Waals surface area contributed by atoms with Crippen LogP contribution in [0.15, 0.2) is 0 Å². The van der Waals surface area contributed by atoms with Crippen LogP contribution in [-0.2, 0) is 9.47 Å². The van der Waals surface area contributed by atoms with Gasteiger partial charge in [-0.2, -0.15) is 11.8 Å².